The first-order valence-electron chi connectivity index (χ1n) is 7.83. The number of hydrogen-bond donors (Lipinski definition) is 1. The Balaban J connectivity index is 1.91. The number of benzene rings is 1. The van der Waals surface area contributed by atoms with Crippen LogP contribution >= 0.6 is 0 Å². The average molecular weight is 283 g/mol. The molecule has 3 nitrogen and oxygen atoms in total. The molecule has 0 fully saturated rings. The van der Waals surface area contributed by atoms with E-state index in [-0.39, 0.29) is 0 Å². The molecule has 2 rings (SSSR count). The van der Waals surface area contributed by atoms with Crippen molar-refractivity contribution in [1.29, 1.82) is 5.26 Å². The third kappa shape index (κ3) is 4.09. The zero-order valence-corrected chi connectivity index (χ0v) is 13.3. The zero-order chi connectivity index (χ0) is 15.2. The molecule has 1 unspecified atom stereocenters. The highest BCUT2D eigenvalue weighted by Gasteiger charge is 2.06. The summed E-state index contributed by atoms with van der Waals surface area (Å²) in [6, 6.07) is 10.8. The molecule has 1 heterocycles. The van der Waals surface area contributed by atoms with E-state index in [1.165, 1.54) is 12.8 Å². The van der Waals surface area contributed by atoms with Crippen LogP contribution in [0.2, 0.25) is 0 Å². The predicted octanol–water partition coefficient (Wildman–Crippen LogP) is 3.93. The van der Waals surface area contributed by atoms with Gasteiger partial charge in [0, 0.05) is 36.2 Å². The van der Waals surface area contributed by atoms with Gasteiger partial charge in [-0.15, -0.1) is 0 Å². The largest absolute Gasteiger partial charge is 0.346 e. The van der Waals surface area contributed by atoms with Crippen LogP contribution < -0.4 is 5.32 Å². The Bertz CT molecular complexity index is 619. The number of rotatable bonds is 7. The number of nitrogens with zero attached hydrogens (tertiary/aromatic N) is 2. The molecule has 0 saturated carbocycles. The van der Waals surface area contributed by atoms with Crippen molar-refractivity contribution in [3.05, 3.63) is 36.0 Å². The monoisotopic (exact) mass is 283 g/mol. The van der Waals surface area contributed by atoms with Crippen molar-refractivity contribution in [1.82, 2.24) is 9.88 Å². The van der Waals surface area contributed by atoms with Crippen molar-refractivity contribution in [2.75, 3.05) is 6.54 Å². The first kappa shape index (κ1) is 15.6. The van der Waals surface area contributed by atoms with Gasteiger partial charge < -0.3 is 9.88 Å². The van der Waals surface area contributed by atoms with E-state index in [0.717, 1.165) is 35.5 Å². The van der Waals surface area contributed by atoms with Crippen molar-refractivity contribution in [3.8, 4) is 6.07 Å². The van der Waals surface area contributed by atoms with Gasteiger partial charge in [0.1, 0.15) is 0 Å². The maximum atomic E-state index is 9.13. The lowest BCUT2D eigenvalue weighted by atomic mass is 10.0. The van der Waals surface area contributed by atoms with Gasteiger partial charge in [-0.25, -0.2) is 0 Å². The molecule has 112 valence electrons. The van der Waals surface area contributed by atoms with E-state index in [1.54, 1.807) is 0 Å². The first-order chi connectivity index (χ1) is 10.1. The van der Waals surface area contributed by atoms with Crippen molar-refractivity contribution in [3.63, 3.8) is 0 Å². The molecule has 0 saturated heterocycles. The Morgan fingerprint density at radius 2 is 2.00 bits per heavy atom. The Morgan fingerprint density at radius 3 is 2.71 bits per heavy atom. The molecule has 21 heavy (non-hydrogen) atoms. The van der Waals surface area contributed by atoms with Gasteiger partial charge in [0.15, 0.2) is 0 Å². The van der Waals surface area contributed by atoms with E-state index in [9.17, 15) is 0 Å². The standard InChI is InChI=1S/C18H25N3/c1-14(2)7-8-15(3)20-10-12-21-11-9-17-16(13-19)5-4-6-18(17)21/h4-6,9,11,14-15,20H,7-8,10,12H2,1-3H3. The van der Waals surface area contributed by atoms with Gasteiger partial charge in [-0.1, -0.05) is 19.9 Å². The molecule has 0 spiro atoms. The van der Waals surface area contributed by atoms with Gasteiger partial charge in [-0.3, -0.25) is 0 Å². The van der Waals surface area contributed by atoms with Crippen LogP contribution in [0.15, 0.2) is 30.5 Å². The minimum atomic E-state index is 0.559. The molecule has 0 amide bonds. The van der Waals surface area contributed by atoms with Crippen molar-refractivity contribution in [2.45, 2.75) is 46.2 Å². The van der Waals surface area contributed by atoms with E-state index in [4.69, 9.17) is 5.26 Å². The highest BCUT2D eigenvalue weighted by molar-refractivity contribution is 5.85. The lowest BCUT2D eigenvalue weighted by Gasteiger charge is -2.15. The first-order valence-corrected chi connectivity index (χ1v) is 7.83. The van der Waals surface area contributed by atoms with Crippen molar-refractivity contribution >= 4 is 10.9 Å². The van der Waals surface area contributed by atoms with E-state index in [1.807, 2.05) is 18.2 Å². The summed E-state index contributed by atoms with van der Waals surface area (Å²) in [6.07, 6.45) is 4.57. The smallest absolute Gasteiger partial charge is 0.0998 e. The van der Waals surface area contributed by atoms with Crippen LogP contribution in [0.3, 0.4) is 0 Å². The van der Waals surface area contributed by atoms with Gasteiger partial charge in [-0.05, 0) is 43.9 Å². The summed E-state index contributed by atoms with van der Waals surface area (Å²) in [5, 5.41) is 13.8. The van der Waals surface area contributed by atoms with Crippen LogP contribution in [0.1, 0.15) is 39.2 Å². The molecule has 2 aromatic rings. The predicted molar refractivity (Wildman–Crippen MR) is 88.2 cm³/mol. The zero-order valence-electron chi connectivity index (χ0n) is 13.3. The van der Waals surface area contributed by atoms with Crippen molar-refractivity contribution in [2.24, 2.45) is 5.92 Å². The van der Waals surface area contributed by atoms with E-state index in [0.29, 0.717) is 6.04 Å². The normalized spacial score (nSPS) is 12.7. The molecule has 1 atom stereocenters. The maximum absolute atomic E-state index is 9.13. The molecule has 3 heteroatoms. The van der Waals surface area contributed by atoms with Crippen LogP contribution in [-0.2, 0) is 6.54 Å². The SMILES string of the molecule is CC(C)CCC(C)NCCn1ccc2c(C#N)cccc21. The number of aromatic nitrogens is 1. The summed E-state index contributed by atoms with van der Waals surface area (Å²) in [6.45, 7) is 8.69. The van der Waals surface area contributed by atoms with Crippen LogP contribution in [0.5, 0.6) is 0 Å². The highest BCUT2D eigenvalue weighted by atomic mass is 15.0. The van der Waals surface area contributed by atoms with Gasteiger partial charge in [-0.2, -0.15) is 5.26 Å². The molecule has 0 bridgehead atoms. The Hall–Kier alpha value is -1.79. The number of fused-ring (bicyclic) bond motifs is 1. The second-order valence-corrected chi connectivity index (χ2v) is 6.19. The number of nitriles is 1. The quantitative estimate of drug-likeness (QED) is 0.836. The fourth-order valence-corrected chi connectivity index (χ4v) is 2.63. The Morgan fingerprint density at radius 1 is 1.19 bits per heavy atom. The summed E-state index contributed by atoms with van der Waals surface area (Å²) in [7, 11) is 0. The minimum absolute atomic E-state index is 0.559. The minimum Gasteiger partial charge on any atom is -0.346 e. The fourth-order valence-electron chi connectivity index (χ4n) is 2.63. The van der Waals surface area contributed by atoms with E-state index >= 15 is 0 Å². The fraction of sp³-hybridized carbons (Fsp3) is 0.500. The molecule has 0 aliphatic heterocycles. The average Bonchev–Trinajstić information content (AvgIpc) is 2.88. The summed E-state index contributed by atoms with van der Waals surface area (Å²) in [5.41, 5.74) is 1.90. The third-order valence-electron chi connectivity index (χ3n) is 3.96. The molecule has 0 radical (unpaired) electrons. The van der Waals surface area contributed by atoms with Gasteiger partial charge in [0.25, 0.3) is 0 Å². The molecular formula is C18H25N3. The van der Waals surface area contributed by atoms with Crippen LogP contribution in [0.4, 0.5) is 0 Å². The second-order valence-electron chi connectivity index (χ2n) is 6.19. The maximum Gasteiger partial charge on any atom is 0.0998 e. The van der Waals surface area contributed by atoms with Gasteiger partial charge in [0.05, 0.1) is 11.6 Å². The molecular weight excluding hydrogens is 258 g/mol. The number of nitrogens with one attached hydrogen (secondary N) is 1. The third-order valence-corrected chi connectivity index (χ3v) is 3.96. The Kier molecular flexibility index (Phi) is 5.41. The van der Waals surface area contributed by atoms with Gasteiger partial charge >= 0.3 is 0 Å². The lowest BCUT2D eigenvalue weighted by molar-refractivity contribution is 0.443. The molecule has 1 aromatic carbocycles. The van der Waals surface area contributed by atoms with E-state index in [2.05, 4.69) is 49.0 Å². The summed E-state index contributed by atoms with van der Waals surface area (Å²) < 4.78 is 2.22. The Labute approximate surface area is 127 Å². The molecule has 0 aliphatic rings. The molecule has 1 aromatic heterocycles. The molecule has 0 aliphatic carbocycles. The van der Waals surface area contributed by atoms with Crippen LogP contribution in [-0.4, -0.2) is 17.2 Å². The highest BCUT2D eigenvalue weighted by Crippen LogP contribution is 2.19. The van der Waals surface area contributed by atoms with Crippen LogP contribution in [0.25, 0.3) is 10.9 Å². The lowest BCUT2D eigenvalue weighted by Crippen LogP contribution is -2.29. The van der Waals surface area contributed by atoms with E-state index < -0.39 is 0 Å². The van der Waals surface area contributed by atoms with Crippen molar-refractivity contribution < 1.29 is 0 Å². The van der Waals surface area contributed by atoms with Crippen LogP contribution in [0, 0.1) is 17.2 Å². The topological polar surface area (TPSA) is 40.8 Å². The number of hydrogen-bond acceptors (Lipinski definition) is 2. The molecule has 1 N–H and O–H groups in total. The summed E-state index contributed by atoms with van der Waals surface area (Å²) in [5.74, 6) is 0.770. The summed E-state index contributed by atoms with van der Waals surface area (Å²) in [4.78, 5) is 0. The van der Waals surface area contributed by atoms with Gasteiger partial charge in [0.2, 0.25) is 0 Å². The second kappa shape index (κ2) is 7.28. The summed E-state index contributed by atoms with van der Waals surface area (Å²) >= 11 is 0.